The molecule has 1 aromatic carbocycles. The van der Waals surface area contributed by atoms with Gasteiger partial charge >= 0.3 is 0 Å². The highest BCUT2D eigenvalue weighted by atomic mass is 79.9. The van der Waals surface area contributed by atoms with Gasteiger partial charge in [0.1, 0.15) is 5.82 Å². The van der Waals surface area contributed by atoms with Gasteiger partial charge in [0, 0.05) is 34.6 Å². The number of benzene rings is 1. The lowest BCUT2D eigenvalue weighted by molar-refractivity contribution is 0.255. The predicted octanol–water partition coefficient (Wildman–Crippen LogP) is 4.21. The van der Waals surface area contributed by atoms with Gasteiger partial charge < -0.3 is 10.4 Å². The van der Waals surface area contributed by atoms with Gasteiger partial charge in [-0.05, 0) is 30.9 Å². The van der Waals surface area contributed by atoms with E-state index in [4.69, 9.17) is 5.11 Å². The minimum Gasteiger partial charge on any atom is -0.396 e. The molecular weight excluding hydrogens is 316 g/mol. The first-order valence-corrected chi connectivity index (χ1v) is 7.93. The second kappa shape index (κ2) is 7.60. The van der Waals surface area contributed by atoms with Crippen molar-refractivity contribution in [3.63, 3.8) is 0 Å². The molecule has 2 N–H and O–H groups in total. The molecular formula is C16H21BrN2O. The third-order valence-corrected chi connectivity index (χ3v) is 4.24. The van der Waals surface area contributed by atoms with Gasteiger partial charge in [-0.25, -0.2) is 4.98 Å². The number of pyridine rings is 1. The second-order valence-corrected chi connectivity index (χ2v) is 5.90. The van der Waals surface area contributed by atoms with E-state index < -0.39 is 0 Å². The van der Waals surface area contributed by atoms with Crippen LogP contribution < -0.4 is 5.32 Å². The topological polar surface area (TPSA) is 45.1 Å². The van der Waals surface area contributed by atoms with Crippen LogP contribution in [0.4, 0.5) is 5.82 Å². The second-order valence-electron chi connectivity index (χ2n) is 5.04. The van der Waals surface area contributed by atoms with Crippen LogP contribution in [0.5, 0.6) is 0 Å². The largest absolute Gasteiger partial charge is 0.396 e. The molecule has 0 aliphatic heterocycles. The van der Waals surface area contributed by atoms with E-state index in [0.717, 1.165) is 41.5 Å². The van der Waals surface area contributed by atoms with Gasteiger partial charge in [-0.2, -0.15) is 0 Å². The standard InChI is InChI=1S/C16H21BrN2O/c1-2-4-12(8-10-20)11-19-16-14-5-3-6-15(17)13(14)7-9-18-16/h3,5-7,9,12,20H,2,4,8,10-11H2,1H3,(H,18,19). The summed E-state index contributed by atoms with van der Waals surface area (Å²) in [6.07, 6.45) is 4.94. The molecule has 0 aliphatic rings. The maximum Gasteiger partial charge on any atom is 0.133 e. The van der Waals surface area contributed by atoms with E-state index in [2.05, 4.69) is 39.2 Å². The minimum atomic E-state index is 0.251. The van der Waals surface area contributed by atoms with Crippen molar-refractivity contribution in [2.45, 2.75) is 26.2 Å². The van der Waals surface area contributed by atoms with Crippen LogP contribution in [0.3, 0.4) is 0 Å². The number of nitrogens with zero attached hydrogens (tertiary/aromatic N) is 1. The summed E-state index contributed by atoms with van der Waals surface area (Å²) in [6, 6.07) is 8.16. The van der Waals surface area contributed by atoms with Crippen molar-refractivity contribution in [1.29, 1.82) is 0 Å². The number of rotatable bonds is 7. The highest BCUT2D eigenvalue weighted by molar-refractivity contribution is 9.10. The average Bonchev–Trinajstić information content (AvgIpc) is 2.46. The Labute approximate surface area is 128 Å². The van der Waals surface area contributed by atoms with Crippen LogP contribution in [0.2, 0.25) is 0 Å². The van der Waals surface area contributed by atoms with Crippen molar-refractivity contribution in [2.24, 2.45) is 5.92 Å². The molecule has 108 valence electrons. The molecule has 2 rings (SSSR count). The van der Waals surface area contributed by atoms with Crippen LogP contribution in [0, 0.1) is 5.92 Å². The number of halogens is 1. The lowest BCUT2D eigenvalue weighted by Crippen LogP contribution is -2.16. The van der Waals surface area contributed by atoms with Gasteiger partial charge in [-0.3, -0.25) is 0 Å². The van der Waals surface area contributed by atoms with E-state index >= 15 is 0 Å². The van der Waals surface area contributed by atoms with Crippen molar-refractivity contribution in [3.05, 3.63) is 34.9 Å². The third-order valence-electron chi connectivity index (χ3n) is 3.55. The van der Waals surface area contributed by atoms with Gasteiger partial charge in [0.25, 0.3) is 0 Å². The van der Waals surface area contributed by atoms with Crippen LogP contribution in [0.15, 0.2) is 34.9 Å². The summed E-state index contributed by atoms with van der Waals surface area (Å²) in [5, 5.41) is 14.9. The summed E-state index contributed by atoms with van der Waals surface area (Å²) in [7, 11) is 0. The molecule has 0 saturated carbocycles. The van der Waals surface area contributed by atoms with Crippen molar-refractivity contribution in [2.75, 3.05) is 18.5 Å². The fraction of sp³-hybridized carbons (Fsp3) is 0.438. The zero-order chi connectivity index (χ0) is 14.4. The predicted molar refractivity (Wildman–Crippen MR) is 88.0 cm³/mol. The van der Waals surface area contributed by atoms with E-state index in [1.54, 1.807) is 0 Å². The van der Waals surface area contributed by atoms with Gasteiger partial charge in [0.15, 0.2) is 0 Å². The van der Waals surface area contributed by atoms with Gasteiger partial charge in [-0.1, -0.05) is 41.4 Å². The van der Waals surface area contributed by atoms with E-state index in [9.17, 15) is 0 Å². The Hall–Kier alpha value is -1.13. The Balaban J connectivity index is 2.15. The fourth-order valence-electron chi connectivity index (χ4n) is 2.49. The van der Waals surface area contributed by atoms with Crippen LogP contribution in [-0.4, -0.2) is 23.2 Å². The van der Waals surface area contributed by atoms with Crippen LogP contribution in [-0.2, 0) is 0 Å². The van der Waals surface area contributed by atoms with E-state index in [-0.39, 0.29) is 6.61 Å². The number of anilines is 1. The number of nitrogens with one attached hydrogen (secondary N) is 1. The molecule has 0 spiro atoms. The molecule has 0 radical (unpaired) electrons. The average molecular weight is 337 g/mol. The Kier molecular flexibility index (Phi) is 5.80. The Morgan fingerprint density at radius 1 is 1.25 bits per heavy atom. The monoisotopic (exact) mass is 336 g/mol. The first-order valence-electron chi connectivity index (χ1n) is 7.14. The number of aliphatic hydroxyl groups is 1. The number of hydrogen-bond acceptors (Lipinski definition) is 3. The van der Waals surface area contributed by atoms with Crippen LogP contribution >= 0.6 is 15.9 Å². The molecule has 1 aromatic heterocycles. The van der Waals surface area contributed by atoms with E-state index in [1.807, 2.05) is 24.4 Å². The van der Waals surface area contributed by atoms with Crippen molar-refractivity contribution in [3.8, 4) is 0 Å². The zero-order valence-corrected chi connectivity index (χ0v) is 13.4. The molecule has 1 unspecified atom stereocenters. The van der Waals surface area contributed by atoms with Crippen molar-refractivity contribution >= 4 is 32.5 Å². The summed E-state index contributed by atoms with van der Waals surface area (Å²) >= 11 is 3.57. The molecule has 0 fully saturated rings. The molecule has 0 bridgehead atoms. The van der Waals surface area contributed by atoms with Gasteiger partial charge in [0.2, 0.25) is 0 Å². The molecule has 1 heterocycles. The summed E-state index contributed by atoms with van der Waals surface area (Å²) in [5.74, 6) is 1.41. The minimum absolute atomic E-state index is 0.251. The Morgan fingerprint density at radius 2 is 2.10 bits per heavy atom. The number of fused-ring (bicyclic) bond motifs is 1. The molecule has 20 heavy (non-hydrogen) atoms. The maximum atomic E-state index is 9.12. The van der Waals surface area contributed by atoms with Gasteiger partial charge in [0.05, 0.1) is 0 Å². The number of aliphatic hydroxyl groups excluding tert-OH is 1. The number of hydrogen-bond donors (Lipinski definition) is 2. The molecule has 1 atom stereocenters. The fourth-order valence-corrected chi connectivity index (χ4v) is 2.99. The smallest absolute Gasteiger partial charge is 0.133 e. The maximum absolute atomic E-state index is 9.12. The van der Waals surface area contributed by atoms with Crippen molar-refractivity contribution < 1.29 is 5.11 Å². The normalized spacial score (nSPS) is 12.6. The van der Waals surface area contributed by atoms with Crippen LogP contribution in [0.1, 0.15) is 26.2 Å². The molecule has 0 aliphatic carbocycles. The molecule has 0 saturated heterocycles. The SMILES string of the molecule is CCCC(CCO)CNc1nccc2c(Br)cccc12. The summed E-state index contributed by atoms with van der Waals surface area (Å²) in [6.45, 7) is 3.28. The zero-order valence-electron chi connectivity index (χ0n) is 11.8. The highest BCUT2D eigenvalue weighted by Crippen LogP contribution is 2.27. The lowest BCUT2D eigenvalue weighted by atomic mass is 10.0. The molecule has 4 heteroatoms. The first kappa shape index (κ1) is 15.3. The Bertz CT molecular complexity index is 553. The summed E-state index contributed by atoms with van der Waals surface area (Å²) in [4.78, 5) is 4.45. The van der Waals surface area contributed by atoms with E-state index in [0.29, 0.717) is 5.92 Å². The van der Waals surface area contributed by atoms with E-state index in [1.165, 1.54) is 5.39 Å². The molecule has 0 amide bonds. The molecule has 2 aromatic rings. The van der Waals surface area contributed by atoms with Crippen molar-refractivity contribution in [1.82, 2.24) is 4.98 Å². The number of aromatic nitrogens is 1. The summed E-state index contributed by atoms with van der Waals surface area (Å²) in [5.41, 5.74) is 0. The molecule has 3 nitrogen and oxygen atoms in total. The lowest BCUT2D eigenvalue weighted by Gasteiger charge is -2.17. The first-order chi connectivity index (χ1) is 9.76. The third kappa shape index (κ3) is 3.70. The summed E-state index contributed by atoms with van der Waals surface area (Å²) < 4.78 is 1.08. The van der Waals surface area contributed by atoms with Gasteiger partial charge in [-0.15, -0.1) is 0 Å². The Morgan fingerprint density at radius 3 is 2.85 bits per heavy atom. The van der Waals surface area contributed by atoms with Crippen LogP contribution in [0.25, 0.3) is 10.8 Å². The highest BCUT2D eigenvalue weighted by Gasteiger charge is 2.09. The quantitative estimate of drug-likeness (QED) is 0.796.